The fourth-order valence-corrected chi connectivity index (χ4v) is 2.50. The summed E-state index contributed by atoms with van der Waals surface area (Å²) in [6.45, 7) is 2.73. The second-order valence-electron chi connectivity index (χ2n) is 5.17. The van der Waals surface area contributed by atoms with E-state index in [0.29, 0.717) is 34.0 Å². The lowest BCUT2D eigenvalue weighted by atomic mass is 10.1. The Balaban J connectivity index is 1.72. The summed E-state index contributed by atoms with van der Waals surface area (Å²) in [5.74, 6) is 0.961. The first-order valence-corrected chi connectivity index (χ1v) is 8.08. The minimum atomic E-state index is 0.342. The van der Waals surface area contributed by atoms with E-state index < -0.39 is 0 Å². The van der Waals surface area contributed by atoms with Gasteiger partial charge >= 0.3 is 0 Å². The molecule has 7 heteroatoms. The van der Waals surface area contributed by atoms with Crippen molar-refractivity contribution in [3.05, 3.63) is 69.8 Å². The number of aromatic nitrogens is 3. The molecule has 0 aliphatic rings. The molecular weight excluding hydrogens is 345 g/mol. The van der Waals surface area contributed by atoms with E-state index in [0.717, 1.165) is 0 Å². The van der Waals surface area contributed by atoms with E-state index in [1.54, 1.807) is 24.4 Å². The van der Waals surface area contributed by atoms with Crippen LogP contribution in [0.2, 0.25) is 10.0 Å². The molecule has 3 aromatic rings. The van der Waals surface area contributed by atoms with Gasteiger partial charge in [0.15, 0.2) is 5.82 Å². The van der Waals surface area contributed by atoms with Crippen LogP contribution in [0.15, 0.2) is 48.7 Å². The second-order valence-corrected chi connectivity index (χ2v) is 5.96. The van der Waals surface area contributed by atoms with Crippen LogP contribution < -0.4 is 10.6 Å². The van der Waals surface area contributed by atoms with Crippen LogP contribution in [-0.4, -0.2) is 15.2 Å². The first kappa shape index (κ1) is 16.5. The highest BCUT2D eigenvalue weighted by Crippen LogP contribution is 2.30. The van der Waals surface area contributed by atoms with Crippen molar-refractivity contribution in [2.75, 3.05) is 10.6 Å². The van der Waals surface area contributed by atoms with Crippen LogP contribution in [0.3, 0.4) is 0 Å². The van der Waals surface area contributed by atoms with Crippen LogP contribution in [0.25, 0.3) is 0 Å². The number of hydrogen-bond donors (Lipinski definition) is 2. The monoisotopic (exact) mass is 359 g/mol. The molecule has 24 heavy (non-hydrogen) atoms. The lowest BCUT2D eigenvalue weighted by molar-refractivity contribution is 0.964. The molecule has 0 atom stereocenters. The fourth-order valence-electron chi connectivity index (χ4n) is 2.16. The van der Waals surface area contributed by atoms with E-state index in [-0.39, 0.29) is 0 Å². The van der Waals surface area contributed by atoms with Gasteiger partial charge in [0, 0.05) is 6.54 Å². The molecule has 0 fully saturated rings. The van der Waals surface area contributed by atoms with Crippen LogP contribution in [0.1, 0.15) is 11.1 Å². The Hall–Kier alpha value is -2.37. The van der Waals surface area contributed by atoms with Crippen molar-refractivity contribution in [2.45, 2.75) is 13.5 Å². The van der Waals surface area contributed by atoms with Gasteiger partial charge in [0.25, 0.3) is 0 Å². The number of halogens is 2. The minimum Gasteiger partial charge on any atom is -0.365 e. The van der Waals surface area contributed by atoms with E-state index in [9.17, 15) is 0 Å². The van der Waals surface area contributed by atoms with Gasteiger partial charge in [-0.2, -0.15) is 10.1 Å². The number of rotatable bonds is 5. The van der Waals surface area contributed by atoms with E-state index in [2.05, 4.69) is 44.9 Å². The third-order valence-corrected chi connectivity index (χ3v) is 4.30. The van der Waals surface area contributed by atoms with Crippen LogP contribution >= 0.6 is 23.2 Å². The molecule has 0 unspecified atom stereocenters. The number of nitrogens with one attached hydrogen (secondary N) is 2. The van der Waals surface area contributed by atoms with Gasteiger partial charge in [0.05, 0.1) is 21.9 Å². The standard InChI is InChI=1S/C17H15Cl2N5/c1-11-5-2-3-6-12(11)9-20-15-10-21-24-17(23-15)22-14-8-4-7-13(18)16(14)19/h2-8,10H,9H2,1H3,(H2,20,22,23,24). The Morgan fingerprint density at radius 2 is 1.88 bits per heavy atom. The molecule has 5 nitrogen and oxygen atoms in total. The van der Waals surface area contributed by atoms with Crippen molar-refractivity contribution in [2.24, 2.45) is 0 Å². The minimum absolute atomic E-state index is 0.342. The first-order valence-electron chi connectivity index (χ1n) is 7.32. The topological polar surface area (TPSA) is 62.7 Å². The van der Waals surface area contributed by atoms with Gasteiger partial charge in [0.1, 0.15) is 0 Å². The second kappa shape index (κ2) is 7.47. The molecule has 2 aromatic carbocycles. The van der Waals surface area contributed by atoms with Gasteiger partial charge in [-0.1, -0.05) is 53.5 Å². The molecule has 0 amide bonds. The van der Waals surface area contributed by atoms with Crippen molar-refractivity contribution in [1.82, 2.24) is 15.2 Å². The van der Waals surface area contributed by atoms with Crippen molar-refractivity contribution < 1.29 is 0 Å². The summed E-state index contributed by atoms with van der Waals surface area (Å²) in [5.41, 5.74) is 3.04. The molecule has 3 rings (SSSR count). The molecule has 2 N–H and O–H groups in total. The summed E-state index contributed by atoms with van der Waals surface area (Å²) in [5, 5.41) is 15.1. The highest BCUT2D eigenvalue weighted by molar-refractivity contribution is 6.43. The maximum Gasteiger partial charge on any atom is 0.249 e. The summed E-state index contributed by atoms with van der Waals surface area (Å²) in [6.07, 6.45) is 1.57. The van der Waals surface area contributed by atoms with E-state index in [1.807, 2.05) is 12.1 Å². The smallest absolute Gasteiger partial charge is 0.249 e. The maximum atomic E-state index is 6.16. The Kier molecular flexibility index (Phi) is 5.13. The van der Waals surface area contributed by atoms with Crippen molar-refractivity contribution >= 4 is 40.7 Å². The lowest BCUT2D eigenvalue weighted by Gasteiger charge is -2.10. The Labute approximate surface area is 150 Å². The van der Waals surface area contributed by atoms with Crippen molar-refractivity contribution in [3.63, 3.8) is 0 Å². The zero-order chi connectivity index (χ0) is 16.9. The number of anilines is 3. The van der Waals surface area contributed by atoms with Gasteiger partial charge in [0.2, 0.25) is 5.95 Å². The summed E-state index contributed by atoms with van der Waals surface area (Å²) in [6, 6.07) is 13.5. The summed E-state index contributed by atoms with van der Waals surface area (Å²) < 4.78 is 0. The van der Waals surface area contributed by atoms with Crippen LogP contribution in [0, 0.1) is 6.92 Å². The molecule has 1 heterocycles. The molecule has 0 saturated heterocycles. The SMILES string of the molecule is Cc1ccccc1CNc1cnnc(Nc2cccc(Cl)c2Cl)n1. The molecule has 0 aliphatic carbocycles. The third kappa shape index (κ3) is 3.93. The van der Waals surface area contributed by atoms with Gasteiger partial charge in [-0.3, -0.25) is 0 Å². The molecule has 1 aromatic heterocycles. The first-order chi connectivity index (χ1) is 11.6. The third-order valence-electron chi connectivity index (χ3n) is 3.48. The Morgan fingerprint density at radius 3 is 2.71 bits per heavy atom. The molecule has 0 radical (unpaired) electrons. The van der Waals surface area contributed by atoms with Crippen molar-refractivity contribution in [3.8, 4) is 0 Å². The molecule has 0 spiro atoms. The van der Waals surface area contributed by atoms with Gasteiger partial charge in [-0.15, -0.1) is 5.10 Å². The van der Waals surface area contributed by atoms with Gasteiger partial charge in [-0.25, -0.2) is 0 Å². The van der Waals surface area contributed by atoms with E-state index >= 15 is 0 Å². The number of benzene rings is 2. The number of nitrogens with zero attached hydrogens (tertiary/aromatic N) is 3. The lowest BCUT2D eigenvalue weighted by Crippen LogP contribution is -2.06. The molecule has 0 saturated carbocycles. The summed E-state index contributed by atoms with van der Waals surface area (Å²) >= 11 is 12.2. The van der Waals surface area contributed by atoms with Crippen LogP contribution in [-0.2, 0) is 6.54 Å². The quantitative estimate of drug-likeness (QED) is 0.682. The highest BCUT2D eigenvalue weighted by atomic mass is 35.5. The molecular formula is C17H15Cl2N5. The highest BCUT2D eigenvalue weighted by Gasteiger charge is 2.07. The predicted octanol–water partition coefficient (Wildman–Crippen LogP) is 4.84. The van der Waals surface area contributed by atoms with Crippen LogP contribution in [0.4, 0.5) is 17.5 Å². The Bertz CT molecular complexity index is 854. The van der Waals surface area contributed by atoms with E-state index in [1.165, 1.54) is 11.1 Å². The summed E-state index contributed by atoms with van der Waals surface area (Å²) in [4.78, 5) is 4.39. The fraction of sp³-hybridized carbons (Fsp3) is 0.118. The van der Waals surface area contributed by atoms with Crippen LogP contribution in [0.5, 0.6) is 0 Å². The maximum absolute atomic E-state index is 6.16. The summed E-state index contributed by atoms with van der Waals surface area (Å²) in [7, 11) is 0. The van der Waals surface area contributed by atoms with Gasteiger partial charge in [-0.05, 0) is 30.2 Å². The van der Waals surface area contributed by atoms with Crippen molar-refractivity contribution in [1.29, 1.82) is 0 Å². The molecule has 122 valence electrons. The Morgan fingerprint density at radius 1 is 1.04 bits per heavy atom. The average Bonchev–Trinajstić information content (AvgIpc) is 2.59. The van der Waals surface area contributed by atoms with Gasteiger partial charge < -0.3 is 10.6 Å². The molecule has 0 aliphatic heterocycles. The number of aryl methyl sites for hydroxylation is 1. The normalized spacial score (nSPS) is 10.5. The predicted molar refractivity (Wildman–Crippen MR) is 98.1 cm³/mol. The zero-order valence-corrected chi connectivity index (χ0v) is 14.4. The van der Waals surface area contributed by atoms with E-state index in [4.69, 9.17) is 23.2 Å². The zero-order valence-electron chi connectivity index (χ0n) is 12.9. The largest absolute Gasteiger partial charge is 0.365 e. The molecule has 0 bridgehead atoms. The average molecular weight is 360 g/mol. The number of hydrogen-bond acceptors (Lipinski definition) is 5.